The molecule has 1 aliphatic heterocycles. The predicted molar refractivity (Wildman–Crippen MR) is 78.6 cm³/mol. The maximum Gasteiger partial charge on any atom is 0.416 e. The van der Waals surface area contributed by atoms with E-state index >= 15 is 0 Å². The number of hydrogen-bond acceptors (Lipinski definition) is 3. The van der Waals surface area contributed by atoms with Gasteiger partial charge in [0.1, 0.15) is 0 Å². The van der Waals surface area contributed by atoms with Crippen LogP contribution < -0.4 is 5.73 Å². The molecule has 0 aliphatic carbocycles. The van der Waals surface area contributed by atoms with Crippen LogP contribution in [0.5, 0.6) is 0 Å². The molecule has 0 aromatic heterocycles. The second-order valence-electron chi connectivity index (χ2n) is 5.62. The number of primary amides is 1. The van der Waals surface area contributed by atoms with Crippen molar-refractivity contribution in [3.63, 3.8) is 0 Å². The SMILES string of the molecule is NC(=O)N1CCCN(C[C@H](O)c2ccc(C(F)(F)F)cc2)CC1. The molecule has 2 rings (SSSR count). The summed E-state index contributed by atoms with van der Waals surface area (Å²) < 4.78 is 37.6. The summed E-state index contributed by atoms with van der Waals surface area (Å²) in [4.78, 5) is 14.7. The van der Waals surface area contributed by atoms with Crippen LogP contribution in [0.2, 0.25) is 0 Å². The van der Waals surface area contributed by atoms with Gasteiger partial charge < -0.3 is 15.7 Å². The molecule has 0 saturated carbocycles. The van der Waals surface area contributed by atoms with E-state index in [4.69, 9.17) is 5.73 Å². The Hall–Kier alpha value is -1.80. The molecule has 0 unspecified atom stereocenters. The van der Waals surface area contributed by atoms with Gasteiger partial charge in [-0.05, 0) is 24.1 Å². The van der Waals surface area contributed by atoms with Crippen molar-refractivity contribution in [3.05, 3.63) is 35.4 Å². The third-order valence-electron chi connectivity index (χ3n) is 3.95. The van der Waals surface area contributed by atoms with Crippen LogP contribution in [0.1, 0.15) is 23.7 Å². The number of carbonyl (C=O) groups is 1. The lowest BCUT2D eigenvalue weighted by Gasteiger charge is -2.24. The number of rotatable bonds is 3. The second kappa shape index (κ2) is 7.18. The summed E-state index contributed by atoms with van der Waals surface area (Å²) in [5, 5.41) is 10.2. The number of urea groups is 1. The number of nitrogens with two attached hydrogens (primary N) is 1. The van der Waals surface area contributed by atoms with Crippen LogP contribution in [0.3, 0.4) is 0 Å². The maximum absolute atomic E-state index is 12.5. The summed E-state index contributed by atoms with van der Waals surface area (Å²) in [6, 6.07) is 4.06. The Labute approximate surface area is 132 Å². The number of aliphatic hydroxyl groups excluding tert-OH is 1. The van der Waals surface area contributed by atoms with E-state index in [2.05, 4.69) is 0 Å². The Morgan fingerprint density at radius 3 is 2.39 bits per heavy atom. The zero-order valence-corrected chi connectivity index (χ0v) is 12.6. The number of amides is 2. The Morgan fingerprint density at radius 1 is 1.17 bits per heavy atom. The number of aliphatic hydroxyl groups is 1. The van der Waals surface area contributed by atoms with Crippen molar-refractivity contribution in [1.82, 2.24) is 9.80 Å². The van der Waals surface area contributed by atoms with Crippen molar-refractivity contribution in [2.75, 3.05) is 32.7 Å². The van der Waals surface area contributed by atoms with Gasteiger partial charge in [0.2, 0.25) is 0 Å². The molecular weight excluding hydrogens is 311 g/mol. The monoisotopic (exact) mass is 331 g/mol. The lowest BCUT2D eigenvalue weighted by Crippen LogP contribution is -2.39. The number of β-amino-alcohol motifs (C(OH)–C–C–N with tert-alkyl or cyclic N) is 1. The van der Waals surface area contributed by atoms with Crippen LogP contribution in [0.4, 0.5) is 18.0 Å². The smallest absolute Gasteiger partial charge is 0.387 e. The van der Waals surface area contributed by atoms with Crippen LogP contribution in [0, 0.1) is 0 Å². The van der Waals surface area contributed by atoms with E-state index in [1.807, 2.05) is 4.90 Å². The van der Waals surface area contributed by atoms with E-state index in [-0.39, 0.29) is 0 Å². The van der Waals surface area contributed by atoms with Crippen LogP contribution >= 0.6 is 0 Å². The number of benzene rings is 1. The molecule has 1 atom stereocenters. The summed E-state index contributed by atoms with van der Waals surface area (Å²) in [5.74, 6) is 0. The Bertz CT molecular complexity index is 534. The normalized spacial score (nSPS) is 18.5. The van der Waals surface area contributed by atoms with Crippen LogP contribution in [0.25, 0.3) is 0 Å². The van der Waals surface area contributed by atoms with Crippen molar-refractivity contribution >= 4 is 6.03 Å². The first-order valence-electron chi connectivity index (χ1n) is 7.39. The highest BCUT2D eigenvalue weighted by Gasteiger charge is 2.30. The van der Waals surface area contributed by atoms with E-state index in [1.54, 1.807) is 4.90 Å². The predicted octanol–water partition coefficient (Wildman–Crippen LogP) is 1.83. The van der Waals surface area contributed by atoms with Gasteiger partial charge in [-0.2, -0.15) is 13.2 Å². The summed E-state index contributed by atoms with van der Waals surface area (Å²) in [5.41, 5.74) is 4.95. The van der Waals surface area contributed by atoms with Gasteiger partial charge in [0.05, 0.1) is 11.7 Å². The molecule has 1 fully saturated rings. The molecule has 1 aliphatic rings. The van der Waals surface area contributed by atoms with E-state index < -0.39 is 23.9 Å². The standard InChI is InChI=1S/C15H20F3N3O2/c16-15(17,18)12-4-2-11(3-5-12)13(22)10-20-6-1-7-21(9-8-20)14(19)23/h2-5,13,22H,1,6-10H2,(H2,19,23)/t13-/m0/s1. The minimum atomic E-state index is -4.38. The zero-order valence-electron chi connectivity index (χ0n) is 12.6. The van der Waals surface area contributed by atoms with Gasteiger partial charge in [-0.15, -0.1) is 0 Å². The van der Waals surface area contributed by atoms with Crippen molar-refractivity contribution in [2.45, 2.75) is 18.7 Å². The molecule has 128 valence electrons. The summed E-state index contributed by atoms with van der Waals surface area (Å²) in [6.07, 6.45) is -4.52. The second-order valence-corrected chi connectivity index (χ2v) is 5.62. The largest absolute Gasteiger partial charge is 0.416 e. The van der Waals surface area contributed by atoms with E-state index in [0.29, 0.717) is 38.3 Å². The first kappa shape index (κ1) is 17.6. The number of alkyl halides is 3. The quantitative estimate of drug-likeness (QED) is 0.888. The molecule has 23 heavy (non-hydrogen) atoms. The molecular formula is C15H20F3N3O2. The topological polar surface area (TPSA) is 69.8 Å². The highest BCUT2D eigenvalue weighted by atomic mass is 19.4. The Balaban J connectivity index is 1.93. The van der Waals surface area contributed by atoms with Crippen LogP contribution in [-0.2, 0) is 6.18 Å². The van der Waals surface area contributed by atoms with Gasteiger partial charge in [-0.1, -0.05) is 12.1 Å². The summed E-state index contributed by atoms with van der Waals surface area (Å²) in [7, 11) is 0. The number of nitrogens with zero attached hydrogens (tertiary/aromatic N) is 2. The van der Waals surface area contributed by atoms with Gasteiger partial charge in [0, 0.05) is 32.7 Å². The average Bonchev–Trinajstić information content (AvgIpc) is 2.72. The molecule has 3 N–H and O–H groups in total. The summed E-state index contributed by atoms with van der Waals surface area (Å²) >= 11 is 0. The van der Waals surface area contributed by atoms with Gasteiger partial charge in [0.15, 0.2) is 0 Å². The molecule has 1 aromatic carbocycles. The molecule has 2 amide bonds. The average molecular weight is 331 g/mol. The van der Waals surface area contributed by atoms with Gasteiger partial charge >= 0.3 is 12.2 Å². The first-order valence-corrected chi connectivity index (χ1v) is 7.39. The van der Waals surface area contributed by atoms with Crippen molar-refractivity contribution in [1.29, 1.82) is 0 Å². The summed E-state index contributed by atoms with van der Waals surface area (Å²) in [6.45, 7) is 2.62. The molecule has 0 spiro atoms. The Morgan fingerprint density at radius 2 is 1.83 bits per heavy atom. The first-order chi connectivity index (χ1) is 10.8. The third kappa shape index (κ3) is 4.84. The van der Waals surface area contributed by atoms with Crippen molar-refractivity contribution in [2.24, 2.45) is 5.73 Å². The fourth-order valence-electron chi connectivity index (χ4n) is 2.62. The lowest BCUT2D eigenvalue weighted by atomic mass is 10.1. The third-order valence-corrected chi connectivity index (χ3v) is 3.95. The minimum Gasteiger partial charge on any atom is -0.387 e. The van der Waals surface area contributed by atoms with E-state index in [9.17, 15) is 23.1 Å². The molecule has 1 heterocycles. The van der Waals surface area contributed by atoms with Gasteiger partial charge in [-0.3, -0.25) is 4.90 Å². The molecule has 5 nitrogen and oxygen atoms in total. The molecule has 0 bridgehead atoms. The van der Waals surface area contributed by atoms with Crippen molar-refractivity contribution in [3.8, 4) is 0 Å². The van der Waals surface area contributed by atoms with Gasteiger partial charge in [0.25, 0.3) is 0 Å². The fourth-order valence-corrected chi connectivity index (χ4v) is 2.62. The number of carbonyl (C=O) groups excluding carboxylic acids is 1. The van der Waals surface area contributed by atoms with Crippen LogP contribution in [0.15, 0.2) is 24.3 Å². The molecule has 8 heteroatoms. The minimum absolute atomic E-state index is 0.304. The highest BCUT2D eigenvalue weighted by molar-refractivity contribution is 5.71. The molecule has 1 saturated heterocycles. The molecule has 0 radical (unpaired) electrons. The molecule has 1 aromatic rings. The fraction of sp³-hybridized carbons (Fsp3) is 0.533. The Kier molecular flexibility index (Phi) is 5.48. The number of hydrogen-bond donors (Lipinski definition) is 2. The zero-order chi connectivity index (χ0) is 17.0. The van der Waals surface area contributed by atoms with E-state index in [1.165, 1.54) is 12.1 Å². The number of halogens is 3. The van der Waals surface area contributed by atoms with Crippen molar-refractivity contribution < 1.29 is 23.1 Å². The van der Waals surface area contributed by atoms with Gasteiger partial charge in [-0.25, -0.2) is 4.79 Å². The maximum atomic E-state index is 12.5. The van der Waals surface area contributed by atoms with E-state index in [0.717, 1.165) is 18.6 Å². The highest BCUT2D eigenvalue weighted by Crippen LogP contribution is 2.30. The van der Waals surface area contributed by atoms with Crippen LogP contribution in [-0.4, -0.2) is 53.7 Å². The lowest BCUT2D eigenvalue weighted by molar-refractivity contribution is -0.137.